The molecule has 0 fully saturated rings. The van der Waals surface area contributed by atoms with Crippen molar-refractivity contribution in [1.29, 1.82) is 0 Å². The molecule has 0 spiro atoms. The lowest BCUT2D eigenvalue weighted by Gasteiger charge is -2.08. The van der Waals surface area contributed by atoms with E-state index in [2.05, 4.69) is 10.3 Å². The molecule has 0 aliphatic heterocycles. The second-order valence-corrected chi connectivity index (χ2v) is 5.76. The Morgan fingerprint density at radius 3 is 2.62 bits per heavy atom. The zero-order valence-electron chi connectivity index (χ0n) is 14.9. The summed E-state index contributed by atoms with van der Waals surface area (Å²) in [5.74, 6) is 1.05. The average Bonchev–Trinajstić information content (AvgIpc) is 2.66. The number of benzene rings is 2. The number of aryl methyl sites for hydroxylation is 1. The number of methoxy groups -OCH3 is 2. The predicted molar refractivity (Wildman–Crippen MR) is 104 cm³/mol. The lowest BCUT2D eigenvalue weighted by molar-refractivity contribution is -0.111. The highest BCUT2D eigenvalue weighted by molar-refractivity contribution is 6.07. The molecule has 5 heteroatoms. The summed E-state index contributed by atoms with van der Waals surface area (Å²) in [6, 6.07) is 15.0. The molecular weight excluding hydrogens is 328 g/mol. The van der Waals surface area contributed by atoms with Crippen LogP contribution < -0.4 is 14.8 Å². The molecule has 3 aromatic rings. The second-order valence-electron chi connectivity index (χ2n) is 5.76. The number of rotatable bonds is 5. The summed E-state index contributed by atoms with van der Waals surface area (Å²) < 4.78 is 10.5. The van der Waals surface area contributed by atoms with Gasteiger partial charge in [-0.3, -0.25) is 9.78 Å². The van der Waals surface area contributed by atoms with Crippen LogP contribution in [0.4, 0.5) is 5.69 Å². The number of anilines is 1. The maximum atomic E-state index is 12.3. The second kappa shape index (κ2) is 7.70. The van der Waals surface area contributed by atoms with Crippen molar-refractivity contribution in [1.82, 2.24) is 4.98 Å². The Kier molecular flexibility index (Phi) is 5.17. The molecule has 2 aromatic carbocycles. The number of nitrogens with one attached hydrogen (secondary N) is 1. The topological polar surface area (TPSA) is 60.5 Å². The lowest BCUT2D eigenvalue weighted by Crippen LogP contribution is -2.08. The Bertz CT molecular complexity index is 980. The molecule has 0 aliphatic rings. The van der Waals surface area contributed by atoms with E-state index in [1.54, 1.807) is 26.4 Å². The molecule has 0 atom stereocenters. The number of hydrogen-bond acceptors (Lipinski definition) is 4. The highest BCUT2D eigenvalue weighted by Crippen LogP contribution is 2.28. The van der Waals surface area contributed by atoms with Gasteiger partial charge in [-0.25, -0.2) is 0 Å². The average molecular weight is 348 g/mol. The molecule has 26 heavy (non-hydrogen) atoms. The quantitative estimate of drug-likeness (QED) is 0.702. The van der Waals surface area contributed by atoms with Crippen molar-refractivity contribution in [2.45, 2.75) is 6.92 Å². The molecule has 0 unspecified atom stereocenters. The van der Waals surface area contributed by atoms with Crippen LogP contribution >= 0.6 is 0 Å². The third kappa shape index (κ3) is 3.83. The summed E-state index contributed by atoms with van der Waals surface area (Å²) in [5.41, 5.74) is 3.37. The molecule has 132 valence electrons. The number of ether oxygens (including phenoxy) is 2. The van der Waals surface area contributed by atoms with E-state index in [9.17, 15) is 4.79 Å². The van der Waals surface area contributed by atoms with E-state index in [4.69, 9.17) is 9.47 Å². The number of carbonyl (C=O) groups excluding carboxylic acids is 1. The van der Waals surface area contributed by atoms with E-state index in [1.165, 1.54) is 6.08 Å². The zero-order valence-corrected chi connectivity index (χ0v) is 14.9. The molecule has 0 bridgehead atoms. The smallest absolute Gasteiger partial charge is 0.248 e. The Balaban J connectivity index is 1.78. The Morgan fingerprint density at radius 1 is 1.04 bits per heavy atom. The molecule has 3 rings (SSSR count). The standard InChI is InChI=1S/C21H20N2O3/c1-14-7-10-16-17(22-14)5-4-6-18(16)23-21(24)12-9-15-8-11-19(25-2)20(13-15)26-3/h4-13H,1-3H3,(H,23,24)/b12-9+. The molecule has 1 amide bonds. The number of amides is 1. The first-order chi connectivity index (χ1) is 12.6. The fourth-order valence-corrected chi connectivity index (χ4v) is 2.67. The van der Waals surface area contributed by atoms with Crippen LogP contribution in [0.25, 0.3) is 17.0 Å². The summed E-state index contributed by atoms with van der Waals surface area (Å²) in [5, 5.41) is 3.81. The molecule has 1 N–H and O–H groups in total. The number of nitrogens with zero attached hydrogens (tertiary/aromatic N) is 1. The monoisotopic (exact) mass is 348 g/mol. The van der Waals surface area contributed by atoms with E-state index in [0.29, 0.717) is 11.5 Å². The van der Waals surface area contributed by atoms with Gasteiger partial charge in [-0.1, -0.05) is 12.1 Å². The van der Waals surface area contributed by atoms with Crippen LogP contribution in [0.5, 0.6) is 11.5 Å². The largest absolute Gasteiger partial charge is 0.493 e. The molecule has 5 nitrogen and oxygen atoms in total. The number of aromatic nitrogens is 1. The van der Waals surface area contributed by atoms with Crippen molar-refractivity contribution in [3.05, 3.63) is 65.9 Å². The van der Waals surface area contributed by atoms with Gasteiger partial charge in [-0.05, 0) is 55.0 Å². The Labute approximate surface area is 152 Å². The first-order valence-electron chi connectivity index (χ1n) is 8.18. The number of carbonyl (C=O) groups is 1. The lowest BCUT2D eigenvalue weighted by atomic mass is 10.1. The minimum absolute atomic E-state index is 0.215. The van der Waals surface area contributed by atoms with Crippen LogP contribution in [-0.4, -0.2) is 25.1 Å². The normalized spacial score (nSPS) is 10.9. The molecule has 0 radical (unpaired) electrons. The maximum Gasteiger partial charge on any atom is 0.248 e. The van der Waals surface area contributed by atoms with Gasteiger partial charge in [0.1, 0.15) is 0 Å². The highest BCUT2D eigenvalue weighted by Gasteiger charge is 2.06. The minimum atomic E-state index is -0.215. The van der Waals surface area contributed by atoms with Crippen molar-refractivity contribution in [2.24, 2.45) is 0 Å². The highest BCUT2D eigenvalue weighted by atomic mass is 16.5. The summed E-state index contributed by atoms with van der Waals surface area (Å²) in [7, 11) is 3.16. The van der Waals surface area contributed by atoms with Crippen molar-refractivity contribution in [3.8, 4) is 11.5 Å². The summed E-state index contributed by atoms with van der Waals surface area (Å²) in [6.07, 6.45) is 3.21. The number of pyridine rings is 1. The summed E-state index contributed by atoms with van der Waals surface area (Å²) in [6.45, 7) is 1.94. The minimum Gasteiger partial charge on any atom is -0.493 e. The van der Waals surface area contributed by atoms with Gasteiger partial charge in [-0.15, -0.1) is 0 Å². The van der Waals surface area contributed by atoms with E-state index >= 15 is 0 Å². The first kappa shape index (κ1) is 17.5. The number of hydrogen-bond donors (Lipinski definition) is 1. The van der Waals surface area contributed by atoms with Crippen molar-refractivity contribution in [2.75, 3.05) is 19.5 Å². The Hall–Kier alpha value is -3.34. The fourth-order valence-electron chi connectivity index (χ4n) is 2.67. The van der Waals surface area contributed by atoms with Crippen molar-refractivity contribution < 1.29 is 14.3 Å². The van der Waals surface area contributed by atoms with Gasteiger partial charge in [0.2, 0.25) is 5.91 Å². The van der Waals surface area contributed by atoms with Crippen LogP contribution in [0.2, 0.25) is 0 Å². The van der Waals surface area contributed by atoms with E-state index in [-0.39, 0.29) is 5.91 Å². The molecule has 1 heterocycles. The van der Waals surface area contributed by atoms with Crippen LogP contribution in [0.1, 0.15) is 11.3 Å². The van der Waals surface area contributed by atoms with Crippen molar-refractivity contribution >= 4 is 28.6 Å². The van der Waals surface area contributed by atoms with E-state index in [1.807, 2.05) is 49.4 Å². The maximum absolute atomic E-state index is 12.3. The van der Waals surface area contributed by atoms with Gasteiger partial charge in [0, 0.05) is 17.2 Å². The predicted octanol–water partition coefficient (Wildman–Crippen LogP) is 4.21. The van der Waals surface area contributed by atoms with Crippen molar-refractivity contribution in [3.63, 3.8) is 0 Å². The number of fused-ring (bicyclic) bond motifs is 1. The van der Waals surface area contributed by atoms with E-state index in [0.717, 1.165) is 27.8 Å². The van der Waals surface area contributed by atoms with Gasteiger partial charge < -0.3 is 14.8 Å². The molecular formula is C21H20N2O3. The molecule has 0 saturated heterocycles. The zero-order chi connectivity index (χ0) is 18.5. The van der Waals surface area contributed by atoms with Crippen LogP contribution in [-0.2, 0) is 4.79 Å². The molecule has 1 aromatic heterocycles. The SMILES string of the molecule is COc1ccc(/C=C/C(=O)Nc2cccc3nc(C)ccc23)cc1OC. The van der Waals surface area contributed by atoms with Gasteiger partial charge in [-0.2, -0.15) is 0 Å². The van der Waals surface area contributed by atoms with Crippen LogP contribution in [0.3, 0.4) is 0 Å². The fraction of sp³-hybridized carbons (Fsp3) is 0.143. The van der Waals surface area contributed by atoms with Gasteiger partial charge in [0.25, 0.3) is 0 Å². The third-order valence-corrected chi connectivity index (χ3v) is 3.96. The van der Waals surface area contributed by atoms with Gasteiger partial charge in [0.15, 0.2) is 11.5 Å². The van der Waals surface area contributed by atoms with Gasteiger partial charge >= 0.3 is 0 Å². The van der Waals surface area contributed by atoms with E-state index < -0.39 is 0 Å². The summed E-state index contributed by atoms with van der Waals surface area (Å²) in [4.78, 5) is 16.8. The molecule has 0 aliphatic carbocycles. The van der Waals surface area contributed by atoms with Crippen LogP contribution in [0.15, 0.2) is 54.6 Å². The van der Waals surface area contributed by atoms with Crippen LogP contribution in [0, 0.1) is 6.92 Å². The summed E-state index contributed by atoms with van der Waals surface area (Å²) >= 11 is 0. The Morgan fingerprint density at radius 2 is 1.85 bits per heavy atom. The molecule has 0 saturated carbocycles. The third-order valence-electron chi connectivity index (χ3n) is 3.96. The first-order valence-corrected chi connectivity index (χ1v) is 8.18. The van der Waals surface area contributed by atoms with Gasteiger partial charge in [0.05, 0.1) is 25.4 Å².